The van der Waals surface area contributed by atoms with E-state index in [0.29, 0.717) is 39.0 Å². The smallest absolute Gasteiger partial charge is 0.342 e. The van der Waals surface area contributed by atoms with Gasteiger partial charge in [-0.1, -0.05) is 18.2 Å². The molecule has 182 valence electrons. The fourth-order valence-electron chi connectivity index (χ4n) is 4.20. The molecule has 0 saturated carbocycles. The number of cyclic esters (lactones) is 1. The standard InChI is InChI=1S/C27H22N2O7/c1-3-34-25(30)17-6-4-16(5-7-17)14-21-24(18-8-13-22-23(15-18)29-36-28-22)26(31)35-27(21,32)19-9-11-20(33-2)12-10-19/h4-13,15,32H,3,14H2,1-2H3. The van der Waals surface area contributed by atoms with E-state index < -0.39 is 17.7 Å². The first-order chi connectivity index (χ1) is 17.4. The SMILES string of the molecule is CCOC(=O)c1ccc(CC2=C(c3ccc4nonc4c3)C(=O)OC2(O)c2ccc(OC)cc2)cc1. The van der Waals surface area contributed by atoms with Crippen molar-refractivity contribution in [1.29, 1.82) is 0 Å². The molecule has 36 heavy (non-hydrogen) atoms. The third-order valence-corrected chi connectivity index (χ3v) is 6.03. The molecule has 4 aromatic rings. The Balaban J connectivity index is 1.61. The minimum atomic E-state index is -2.02. The number of benzene rings is 3. The molecule has 1 aliphatic rings. The van der Waals surface area contributed by atoms with Crippen LogP contribution in [0.25, 0.3) is 16.6 Å². The van der Waals surface area contributed by atoms with Crippen molar-refractivity contribution in [1.82, 2.24) is 10.3 Å². The minimum Gasteiger partial charge on any atom is -0.497 e. The first-order valence-electron chi connectivity index (χ1n) is 11.3. The third kappa shape index (κ3) is 4.09. The number of methoxy groups -OCH3 is 1. The number of carbonyl (C=O) groups excluding carboxylic acids is 2. The summed E-state index contributed by atoms with van der Waals surface area (Å²) >= 11 is 0. The second-order valence-electron chi connectivity index (χ2n) is 8.18. The summed E-state index contributed by atoms with van der Waals surface area (Å²) in [4.78, 5) is 25.2. The molecule has 0 bridgehead atoms. The first-order valence-corrected chi connectivity index (χ1v) is 11.3. The van der Waals surface area contributed by atoms with Gasteiger partial charge in [-0.15, -0.1) is 0 Å². The highest BCUT2D eigenvalue weighted by Gasteiger charge is 2.48. The zero-order valence-corrected chi connectivity index (χ0v) is 19.6. The van der Waals surface area contributed by atoms with Gasteiger partial charge in [-0.25, -0.2) is 14.2 Å². The molecule has 0 amide bonds. The van der Waals surface area contributed by atoms with Crippen LogP contribution in [-0.4, -0.2) is 41.1 Å². The maximum atomic E-state index is 13.2. The van der Waals surface area contributed by atoms with Crippen LogP contribution in [0.5, 0.6) is 5.75 Å². The van der Waals surface area contributed by atoms with Gasteiger partial charge in [0.1, 0.15) is 16.8 Å². The number of hydrogen-bond donors (Lipinski definition) is 1. The van der Waals surface area contributed by atoms with Crippen LogP contribution in [0, 0.1) is 0 Å². The summed E-state index contributed by atoms with van der Waals surface area (Å²) in [6.07, 6.45) is 0.168. The monoisotopic (exact) mass is 486 g/mol. The zero-order chi connectivity index (χ0) is 25.3. The summed E-state index contributed by atoms with van der Waals surface area (Å²) in [5.41, 5.74) is 3.59. The number of ether oxygens (including phenoxy) is 3. The highest BCUT2D eigenvalue weighted by molar-refractivity contribution is 6.20. The van der Waals surface area contributed by atoms with E-state index in [4.69, 9.17) is 18.8 Å². The maximum absolute atomic E-state index is 13.2. The van der Waals surface area contributed by atoms with Crippen LogP contribution in [0.15, 0.2) is 76.9 Å². The fraction of sp³-hybridized carbons (Fsp3) is 0.185. The van der Waals surface area contributed by atoms with Gasteiger partial charge < -0.3 is 19.3 Å². The van der Waals surface area contributed by atoms with E-state index in [1.165, 1.54) is 7.11 Å². The minimum absolute atomic E-state index is 0.168. The average Bonchev–Trinajstić information content (AvgIpc) is 3.46. The van der Waals surface area contributed by atoms with Crippen molar-refractivity contribution in [3.63, 3.8) is 0 Å². The van der Waals surface area contributed by atoms with Gasteiger partial charge in [0, 0.05) is 17.6 Å². The molecule has 5 rings (SSSR count). The number of hydrogen-bond acceptors (Lipinski definition) is 9. The molecule has 0 fully saturated rings. The van der Waals surface area contributed by atoms with E-state index in [9.17, 15) is 14.7 Å². The van der Waals surface area contributed by atoms with E-state index in [1.807, 2.05) is 0 Å². The summed E-state index contributed by atoms with van der Waals surface area (Å²) in [5, 5.41) is 19.4. The van der Waals surface area contributed by atoms with E-state index in [2.05, 4.69) is 10.3 Å². The van der Waals surface area contributed by atoms with Crippen LogP contribution in [-0.2, 0) is 26.5 Å². The predicted octanol–water partition coefficient (Wildman–Crippen LogP) is 3.81. The summed E-state index contributed by atoms with van der Waals surface area (Å²) in [6.45, 7) is 2.01. The number of aliphatic hydroxyl groups is 1. The highest BCUT2D eigenvalue weighted by Crippen LogP contribution is 2.45. The van der Waals surface area contributed by atoms with Crippen LogP contribution in [0.4, 0.5) is 0 Å². The second-order valence-corrected chi connectivity index (χ2v) is 8.18. The van der Waals surface area contributed by atoms with Crippen LogP contribution in [0.2, 0.25) is 0 Å². The molecule has 3 aromatic carbocycles. The summed E-state index contributed by atoms with van der Waals surface area (Å²) in [5.74, 6) is -2.53. The molecule has 1 unspecified atom stereocenters. The van der Waals surface area contributed by atoms with Crippen molar-refractivity contribution in [2.45, 2.75) is 19.1 Å². The van der Waals surface area contributed by atoms with Crippen molar-refractivity contribution in [3.8, 4) is 5.75 Å². The van der Waals surface area contributed by atoms with Gasteiger partial charge in [-0.3, -0.25) is 0 Å². The van der Waals surface area contributed by atoms with E-state index in [1.54, 1.807) is 73.7 Å². The van der Waals surface area contributed by atoms with Gasteiger partial charge in [0.05, 0.1) is 24.9 Å². The number of fused-ring (bicyclic) bond motifs is 1. The topological polar surface area (TPSA) is 121 Å². The molecule has 1 N–H and O–H groups in total. The van der Waals surface area contributed by atoms with Crippen LogP contribution >= 0.6 is 0 Å². The molecule has 0 radical (unpaired) electrons. The lowest BCUT2D eigenvalue weighted by Gasteiger charge is -2.26. The molecule has 2 heterocycles. The van der Waals surface area contributed by atoms with Gasteiger partial charge in [0.15, 0.2) is 0 Å². The Hall–Kier alpha value is -4.50. The zero-order valence-electron chi connectivity index (χ0n) is 19.6. The lowest BCUT2D eigenvalue weighted by Crippen LogP contribution is -2.29. The maximum Gasteiger partial charge on any atom is 0.342 e. The van der Waals surface area contributed by atoms with Crippen LogP contribution in [0.1, 0.15) is 34.0 Å². The number of aromatic nitrogens is 2. The molecule has 1 aliphatic heterocycles. The normalized spacial score (nSPS) is 17.4. The van der Waals surface area contributed by atoms with Gasteiger partial charge in [-0.2, -0.15) is 0 Å². The van der Waals surface area contributed by atoms with Gasteiger partial charge in [0.2, 0.25) is 0 Å². The molecule has 9 nitrogen and oxygen atoms in total. The van der Waals surface area contributed by atoms with Crippen molar-refractivity contribution >= 4 is 28.5 Å². The van der Waals surface area contributed by atoms with E-state index >= 15 is 0 Å². The molecule has 9 heteroatoms. The Morgan fingerprint density at radius 1 is 1.00 bits per heavy atom. The number of carbonyl (C=O) groups is 2. The molecular formula is C27H22N2O7. The second kappa shape index (κ2) is 9.27. The Bertz CT molecular complexity index is 1470. The van der Waals surface area contributed by atoms with Crippen LogP contribution < -0.4 is 4.74 Å². The largest absolute Gasteiger partial charge is 0.497 e. The van der Waals surface area contributed by atoms with E-state index in [0.717, 1.165) is 5.56 Å². The van der Waals surface area contributed by atoms with Crippen molar-refractivity contribution < 1.29 is 33.5 Å². The molecule has 0 saturated heterocycles. The molecule has 0 spiro atoms. The quantitative estimate of drug-likeness (QED) is 0.389. The first kappa shape index (κ1) is 23.3. The Morgan fingerprint density at radius 3 is 2.42 bits per heavy atom. The molecule has 1 aromatic heterocycles. The summed E-state index contributed by atoms with van der Waals surface area (Å²) < 4.78 is 20.7. The average molecular weight is 486 g/mol. The molecule has 1 atom stereocenters. The molecular weight excluding hydrogens is 464 g/mol. The number of nitrogens with zero attached hydrogens (tertiary/aromatic N) is 2. The lowest BCUT2D eigenvalue weighted by atomic mass is 9.88. The van der Waals surface area contributed by atoms with Crippen molar-refractivity contribution in [3.05, 3.63) is 94.6 Å². The Kier molecular flexibility index (Phi) is 5.99. The Morgan fingerprint density at radius 2 is 1.72 bits per heavy atom. The van der Waals surface area contributed by atoms with Gasteiger partial charge in [-0.05, 0) is 76.9 Å². The molecule has 0 aliphatic carbocycles. The fourth-order valence-corrected chi connectivity index (χ4v) is 4.20. The summed E-state index contributed by atoms with van der Waals surface area (Å²) in [6, 6.07) is 18.5. The van der Waals surface area contributed by atoms with Gasteiger partial charge >= 0.3 is 11.9 Å². The lowest BCUT2D eigenvalue weighted by molar-refractivity contribution is -0.185. The van der Waals surface area contributed by atoms with Crippen LogP contribution in [0.3, 0.4) is 0 Å². The summed E-state index contributed by atoms with van der Waals surface area (Å²) in [7, 11) is 1.54. The van der Waals surface area contributed by atoms with E-state index in [-0.39, 0.29) is 18.6 Å². The third-order valence-electron chi connectivity index (χ3n) is 6.03. The highest BCUT2D eigenvalue weighted by atomic mass is 16.7. The Labute approximate surface area is 205 Å². The predicted molar refractivity (Wildman–Crippen MR) is 128 cm³/mol. The van der Waals surface area contributed by atoms with Gasteiger partial charge in [0.25, 0.3) is 5.79 Å². The number of rotatable bonds is 7. The number of esters is 2. The van der Waals surface area contributed by atoms with Crippen molar-refractivity contribution in [2.75, 3.05) is 13.7 Å². The van der Waals surface area contributed by atoms with Crippen molar-refractivity contribution in [2.24, 2.45) is 0 Å².